The Bertz CT molecular complexity index is 1210. The molecule has 2 aromatic heterocycles. The summed E-state index contributed by atoms with van der Waals surface area (Å²) in [6, 6.07) is 15.5. The van der Waals surface area contributed by atoms with Gasteiger partial charge in [-0.05, 0) is 54.1 Å². The molecular formula is C23H18F3N5O. The number of imidazole rings is 1. The van der Waals surface area contributed by atoms with Gasteiger partial charge in [0.15, 0.2) is 0 Å². The van der Waals surface area contributed by atoms with E-state index in [-0.39, 0.29) is 6.54 Å². The molecule has 2 aromatic carbocycles. The van der Waals surface area contributed by atoms with E-state index < -0.39 is 17.6 Å². The summed E-state index contributed by atoms with van der Waals surface area (Å²) in [6.07, 6.45) is 2.29. The highest BCUT2D eigenvalue weighted by Crippen LogP contribution is 2.29. The number of halogens is 3. The third-order valence-electron chi connectivity index (χ3n) is 4.67. The third-order valence-corrected chi connectivity index (χ3v) is 4.67. The molecule has 0 saturated heterocycles. The molecule has 1 amide bonds. The molecule has 0 aliphatic carbocycles. The van der Waals surface area contributed by atoms with E-state index >= 15 is 0 Å². The summed E-state index contributed by atoms with van der Waals surface area (Å²) in [6.45, 7) is -0.0243. The Morgan fingerprint density at radius 3 is 2.53 bits per heavy atom. The van der Waals surface area contributed by atoms with Gasteiger partial charge in [0.05, 0.1) is 11.9 Å². The lowest BCUT2D eigenvalue weighted by Crippen LogP contribution is -2.23. The number of pyridine rings is 1. The van der Waals surface area contributed by atoms with Crippen molar-refractivity contribution in [3.63, 3.8) is 0 Å². The molecule has 162 valence electrons. The standard InChI is InChI=1S/C23H18F3N5O/c24-23(25,26)18-3-1-2-16(12-18)14-29-22(32)17-8-9-28-21(13-17)30-19-4-6-20(7-5-19)31-11-10-27-15-31/h1-13,15H,14H2,(H,28,30)(H,29,32). The summed E-state index contributed by atoms with van der Waals surface area (Å²) >= 11 is 0. The fourth-order valence-corrected chi connectivity index (χ4v) is 3.06. The summed E-state index contributed by atoms with van der Waals surface area (Å²) in [5.74, 6) is 0.0513. The van der Waals surface area contributed by atoms with Gasteiger partial charge in [-0.15, -0.1) is 0 Å². The number of carbonyl (C=O) groups excluding carboxylic acids is 1. The quantitative estimate of drug-likeness (QED) is 0.447. The molecule has 2 heterocycles. The average Bonchev–Trinajstić information content (AvgIpc) is 3.33. The number of nitrogens with zero attached hydrogens (tertiary/aromatic N) is 3. The van der Waals surface area contributed by atoms with Gasteiger partial charge >= 0.3 is 6.18 Å². The molecule has 0 aliphatic heterocycles. The van der Waals surface area contributed by atoms with Crippen molar-refractivity contribution in [1.82, 2.24) is 19.9 Å². The highest BCUT2D eigenvalue weighted by Gasteiger charge is 2.30. The molecule has 0 fully saturated rings. The van der Waals surface area contributed by atoms with Crippen LogP contribution in [0.1, 0.15) is 21.5 Å². The Kier molecular flexibility index (Phi) is 5.89. The van der Waals surface area contributed by atoms with Gasteiger partial charge in [-0.25, -0.2) is 9.97 Å². The van der Waals surface area contributed by atoms with Gasteiger partial charge in [0.25, 0.3) is 5.91 Å². The van der Waals surface area contributed by atoms with Crippen LogP contribution in [-0.4, -0.2) is 20.4 Å². The lowest BCUT2D eigenvalue weighted by atomic mass is 10.1. The van der Waals surface area contributed by atoms with Crippen LogP contribution in [0.15, 0.2) is 85.6 Å². The van der Waals surface area contributed by atoms with E-state index in [1.807, 2.05) is 35.0 Å². The maximum absolute atomic E-state index is 12.8. The predicted octanol–water partition coefficient (Wildman–Crippen LogP) is 4.96. The molecular weight excluding hydrogens is 419 g/mol. The van der Waals surface area contributed by atoms with E-state index in [0.717, 1.165) is 23.5 Å². The minimum atomic E-state index is -4.43. The van der Waals surface area contributed by atoms with Crippen molar-refractivity contribution in [3.8, 4) is 5.69 Å². The number of alkyl halides is 3. The third kappa shape index (κ3) is 5.12. The van der Waals surface area contributed by atoms with Crippen LogP contribution in [0.4, 0.5) is 24.7 Å². The second-order valence-corrected chi connectivity index (χ2v) is 6.95. The number of anilines is 2. The van der Waals surface area contributed by atoms with Crippen LogP contribution < -0.4 is 10.6 Å². The first kappa shape index (κ1) is 21.1. The minimum Gasteiger partial charge on any atom is -0.348 e. The summed E-state index contributed by atoms with van der Waals surface area (Å²) in [5, 5.41) is 5.77. The number of amides is 1. The summed E-state index contributed by atoms with van der Waals surface area (Å²) < 4.78 is 40.4. The molecule has 0 radical (unpaired) electrons. The smallest absolute Gasteiger partial charge is 0.348 e. The molecule has 2 N–H and O–H groups in total. The Morgan fingerprint density at radius 1 is 1.00 bits per heavy atom. The van der Waals surface area contributed by atoms with Crippen LogP contribution in [0.5, 0.6) is 0 Å². The van der Waals surface area contributed by atoms with Gasteiger partial charge in [0.1, 0.15) is 5.82 Å². The first-order chi connectivity index (χ1) is 15.4. The average molecular weight is 437 g/mol. The second-order valence-electron chi connectivity index (χ2n) is 6.95. The van der Waals surface area contributed by atoms with Crippen molar-refractivity contribution in [2.75, 3.05) is 5.32 Å². The normalized spacial score (nSPS) is 11.2. The van der Waals surface area contributed by atoms with Crippen LogP contribution in [-0.2, 0) is 12.7 Å². The molecule has 0 unspecified atom stereocenters. The Labute approximate surface area is 181 Å². The predicted molar refractivity (Wildman–Crippen MR) is 114 cm³/mol. The fourth-order valence-electron chi connectivity index (χ4n) is 3.06. The first-order valence-corrected chi connectivity index (χ1v) is 9.64. The van der Waals surface area contributed by atoms with Gasteiger partial charge in [0.2, 0.25) is 0 Å². The highest BCUT2D eigenvalue weighted by atomic mass is 19.4. The molecule has 0 aliphatic rings. The van der Waals surface area contributed by atoms with Gasteiger partial charge in [-0.1, -0.05) is 12.1 Å². The van der Waals surface area contributed by atoms with Gasteiger partial charge in [0, 0.05) is 42.1 Å². The van der Waals surface area contributed by atoms with E-state index in [1.165, 1.54) is 24.4 Å². The molecule has 4 aromatic rings. The van der Waals surface area contributed by atoms with Crippen molar-refractivity contribution < 1.29 is 18.0 Å². The number of hydrogen-bond donors (Lipinski definition) is 2. The number of aromatic nitrogens is 3. The maximum atomic E-state index is 12.8. The molecule has 4 rings (SSSR count). The van der Waals surface area contributed by atoms with Crippen molar-refractivity contribution in [2.45, 2.75) is 12.7 Å². The Hall–Kier alpha value is -4.14. The second kappa shape index (κ2) is 8.93. The number of benzene rings is 2. The zero-order valence-electron chi connectivity index (χ0n) is 16.7. The largest absolute Gasteiger partial charge is 0.416 e. The lowest BCUT2D eigenvalue weighted by molar-refractivity contribution is -0.137. The summed E-state index contributed by atoms with van der Waals surface area (Å²) in [7, 11) is 0. The fraction of sp³-hybridized carbons (Fsp3) is 0.0870. The van der Waals surface area contributed by atoms with E-state index in [4.69, 9.17) is 0 Å². The monoisotopic (exact) mass is 437 g/mol. The summed E-state index contributed by atoms with van der Waals surface area (Å²) in [4.78, 5) is 20.7. The molecule has 0 spiro atoms. The zero-order valence-corrected chi connectivity index (χ0v) is 16.7. The zero-order chi connectivity index (χ0) is 22.6. The van der Waals surface area contributed by atoms with Crippen molar-refractivity contribution >= 4 is 17.4 Å². The molecule has 0 atom stereocenters. The SMILES string of the molecule is O=C(NCc1cccc(C(F)(F)F)c1)c1ccnc(Nc2ccc(-n3ccnc3)cc2)c1. The molecule has 32 heavy (non-hydrogen) atoms. The number of carbonyl (C=O) groups is 1. The van der Waals surface area contributed by atoms with Gasteiger partial charge in [-0.3, -0.25) is 4.79 Å². The molecule has 0 saturated carbocycles. The van der Waals surface area contributed by atoms with Gasteiger partial charge in [-0.2, -0.15) is 13.2 Å². The van der Waals surface area contributed by atoms with Crippen molar-refractivity contribution in [1.29, 1.82) is 0 Å². The number of hydrogen-bond acceptors (Lipinski definition) is 4. The van der Waals surface area contributed by atoms with Crippen molar-refractivity contribution in [2.24, 2.45) is 0 Å². The van der Waals surface area contributed by atoms with Crippen LogP contribution in [0.2, 0.25) is 0 Å². The Morgan fingerprint density at radius 2 is 1.81 bits per heavy atom. The first-order valence-electron chi connectivity index (χ1n) is 9.64. The van der Waals surface area contributed by atoms with Crippen LogP contribution in [0.25, 0.3) is 5.69 Å². The summed E-state index contributed by atoms with van der Waals surface area (Å²) in [5.41, 5.74) is 1.67. The van der Waals surface area contributed by atoms with Crippen LogP contribution in [0, 0.1) is 0 Å². The molecule has 9 heteroatoms. The van der Waals surface area contributed by atoms with Gasteiger partial charge < -0.3 is 15.2 Å². The van der Waals surface area contributed by atoms with Crippen molar-refractivity contribution in [3.05, 3.63) is 102 Å². The van der Waals surface area contributed by atoms with E-state index in [0.29, 0.717) is 16.9 Å². The van der Waals surface area contributed by atoms with E-state index in [2.05, 4.69) is 20.6 Å². The Balaban J connectivity index is 1.40. The lowest BCUT2D eigenvalue weighted by Gasteiger charge is -2.11. The highest BCUT2D eigenvalue weighted by molar-refractivity contribution is 5.94. The van der Waals surface area contributed by atoms with E-state index in [1.54, 1.807) is 18.6 Å². The number of nitrogens with one attached hydrogen (secondary N) is 2. The van der Waals surface area contributed by atoms with Crippen LogP contribution >= 0.6 is 0 Å². The topological polar surface area (TPSA) is 71.8 Å². The number of rotatable bonds is 6. The van der Waals surface area contributed by atoms with Crippen LogP contribution in [0.3, 0.4) is 0 Å². The molecule has 0 bridgehead atoms. The molecule has 6 nitrogen and oxygen atoms in total. The maximum Gasteiger partial charge on any atom is 0.416 e. The van der Waals surface area contributed by atoms with E-state index in [9.17, 15) is 18.0 Å². The minimum absolute atomic E-state index is 0.0243.